The molecular weight excluding hydrogens is 238 g/mol. The summed E-state index contributed by atoms with van der Waals surface area (Å²) in [6.45, 7) is 4.23. The lowest BCUT2D eigenvalue weighted by Crippen LogP contribution is -2.06. The van der Waals surface area contributed by atoms with Crippen LogP contribution in [-0.4, -0.2) is 21.2 Å². The third-order valence-electron chi connectivity index (χ3n) is 4.00. The molecule has 0 saturated heterocycles. The van der Waals surface area contributed by atoms with Crippen molar-refractivity contribution in [2.45, 2.75) is 51.4 Å². The molecule has 2 aromatic heterocycles. The van der Waals surface area contributed by atoms with Gasteiger partial charge in [-0.3, -0.25) is 4.79 Å². The number of carbonyl (C=O) groups excluding carboxylic acids is 1. The summed E-state index contributed by atoms with van der Waals surface area (Å²) in [5, 5.41) is 0.895. The third kappa shape index (κ3) is 2.05. The van der Waals surface area contributed by atoms with E-state index in [2.05, 4.69) is 23.8 Å². The van der Waals surface area contributed by atoms with Crippen molar-refractivity contribution in [2.75, 3.05) is 0 Å². The summed E-state index contributed by atoms with van der Waals surface area (Å²) in [6.07, 6.45) is 7.52. The van der Waals surface area contributed by atoms with Gasteiger partial charge in [0.05, 0.1) is 11.1 Å². The molecule has 2 heterocycles. The maximum Gasteiger partial charge on any atom is 0.152 e. The molecule has 1 aliphatic rings. The minimum absolute atomic E-state index is 0.292. The van der Waals surface area contributed by atoms with Crippen LogP contribution in [0.4, 0.5) is 0 Å². The van der Waals surface area contributed by atoms with Crippen LogP contribution in [0, 0.1) is 0 Å². The molecule has 0 atom stereocenters. The summed E-state index contributed by atoms with van der Waals surface area (Å²) in [5.41, 5.74) is 2.47. The van der Waals surface area contributed by atoms with Gasteiger partial charge in [0.1, 0.15) is 11.5 Å². The van der Waals surface area contributed by atoms with E-state index in [9.17, 15) is 4.79 Å². The molecule has 4 heteroatoms. The highest BCUT2D eigenvalue weighted by Gasteiger charge is 2.23. The van der Waals surface area contributed by atoms with E-state index in [0.717, 1.165) is 28.8 Å². The maximum atomic E-state index is 11.1. The first-order valence-electron chi connectivity index (χ1n) is 7.04. The van der Waals surface area contributed by atoms with Gasteiger partial charge in [0.15, 0.2) is 6.29 Å². The average molecular weight is 257 g/mol. The predicted molar refractivity (Wildman–Crippen MR) is 74.6 cm³/mol. The van der Waals surface area contributed by atoms with E-state index in [1.807, 2.05) is 0 Å². The van der Waals surface area contributed by atoms with Crippen molar-refractivity contribution in [3.05, 3.63) is 23.3 Å². The maximum absolute atomic E-state index is 11.1. The molecular formula is C15H19N3O. The second kappa shape index (κ2) is 4.76. The number of carbonyl (C=O) groups is 1. The van der Waals surface area contributed by atoms with Crippen LogP contribution in [-0.2, 0) is 0 Å². The predicted octanol–water partition coefficient (Wildman–Crippen LogP) is 3.55. The number of aromatic nitrogens is 3. The Morgan fingerprint density at radius 2 is 2.05 bits per heavy atom. The Morgan fingerprint density at radius 3 is 2.68 bits per heavy atom. The van der Waals surface area contributed by atoms with Gasteiger partial charge in [-0.15, -0.1) is 0 Å². The minimum Gasteiger partial charge on any atom is -0.345 e. The lowest BCUT2D eigenvalue weighted by Gasteiger charge is -2.12. The number of nitrogens with one attached hydrogen (secondary N) is 1. The first-order valence-corrected chi connectivity index (χ1v) is 7.04. The molecule has 0 bridgehead atoms. The minimum atomic E-state index is 0.292. The van der Waals surface area contributed by atoms with E-state index in [1.54, 1.807) is 6.20 Å². The van der Waals surface area contributed by atoms with Crippen LogP contribution >= 0.6 is 0 Å². The van der Waals surface area contributed by atoms with Crippen molar-refractivity contribution >= 4 is 17.3 Å². The quantitative estimate of drug-likeness (QED) is 0.855. The van der Waals surface area contributed by atoms with Crippen LogP contribution in [0.5, 0.6) is 0 Å². The Balaban J connectivity index is 2.19. The highest BCUT2D eigenvalue weighted by molar-refractivity contribution is 5.97. The summed E-state index contributed by atoms with van der Waals surface area (Å²) in [4.78, 5) is 23.7. The number of hydrogen-bond acceptors (Lipinski definition) is 3. The van der Waals surface area contributed by atoms with Gasteiger partial charge in [-0.05, 0) is 18.8 Å². The Bertz CT molecular complexity index is 609. The Hall–Kier alpha value is -1.71. The summed E-state index contributed by atoms with van der Waals surface area (Å²) in [5.74, 6) is 1.73. The molecule has 0 spiro atoms. The van der Waals surface area contributed by atoms with Crippen molar-refractivity contribution in [3.8, 4) is 0 Å². The zero-order valence-electron chi connectivity index (χ0n) is 11.4. The van der Waals surface area contributed by atoms with Crippen LogP contribution in [0.3, 0.4) is 0 Å². The van der Waals surface area contributed by atoms with Gasteiger partial charge >= 0.3 is 0 Å². The van der Waals surface area contributed by atoms with Gasteiger partial charge in [0, 0.05) is 17.7 Å². The zero-order chi connectivity index (χ0) is 13.4. The summed E-state index contributed by atoms with van der Waals surface area (Å²) < 4.78 is 0. The Labute approximate surface area is 112 Å². The standard InChI is InChI=1S/C15H19N3O/c1-9(2)13-12-11(8-19)7-16-15(12)18-14(17-13)10-5-3-4-6-10/h7-10H,3-6H2,1-2H3,(H,16,17,18). The van der Waals surface area contributed by atoms with Gasteiger partial charge in [0.2, 0.25) is 0 Å². The Morgan fingerprint density at radius 1 is 1.32 bits per heavy atom. The SMILES string of the molecule is CC(C)c1nc(C2CCCC2)nc2[nH]cc(C=O)c12. The zero-order valence-corrected chi connectivity index (χ0v) is 11.4. The molecule has 3 rings (SSSR count). The molecule has 1 N–H and O–H groups in total. The fourth-order valence-corrected chi connectivity index (χ4v) is 2.98. The largest absolute Gasteiger partial charge is 0.345 e. The average Bonchev–Trinajstić information content (AvgIpc) is 3.06. The van der Waals surface area contributed by atoms with Crippen molar-refractivity contribution in [2.24, 2.45) is 0 Å². The van der Waals surface area contributed by atoms with Crippen LogP contribution in [0.25, 0.3) is 11.0 Å². The molecule has 2 aromatic rings. The molecule has 0 amide bonds. The topological polar surface area (TPSA) is 58.6 Å². The van der Waals surface area contributed by atoms with Crippen LogP contribution in [0.15, 0.2) is 6.20 Å². The highest BCUT2D eigenvalue weighted by Crippen LogP contribution is 2.34. The van der Waals surface area contributed by atoms with E-state index in [4.69, 9.17) is 4.98 Å². The summed E-state index contributed by atoms with van der Waals surface area (Å²) >= 11 is 0. The van der Waals surface area contributed by atoms with E-state index >= 15 is 0 Å². The molecule has 0 radical (unpaired) electrons. The fourth-order valence-electron chi connectivity index (χ4n) is 2.98. The lowest BCUT2D eigenvalue weighted by molar-refractivity contribution is 0.112. The molecule has 4 nitrogen and oxygen atoms in total. The van der Waals surface area contributed by atoms with Crippen LogP contribution in [0.1, 0.15) is 73.2 Å². The molecule has 0 unspecified atom stereocenters. The van der Waals surface area contributed by atoms with Gasteiger partial charge < -0.3 is 4.98 Å². The van der Waals surface area contributed by atoms with Crippen molar-refractivity contribution in [1.29, 1.82) is 0 Å². The van der Waals surface area contributed by atoms with Gasteiger partial charge in [0.25, 0.3) is 0 Å². The normalized spacial score (nSPS) is 16.6. The second-order valence-corrected chi connectivity index (χ2v) is 5.69. The molecule has 1 fully saturated rings. The first kappa shape index (κ1) is 12.3. The number of rotatable bonds is 3. The Kier molecular flexibility index (Phi) is 3.09. The van der Waals surface area contributed by atoms with E-state index in [1.165, 1.54) is 25.7 Å². The molecule has 1 aliphatic carbocycles. The van der Waals surface area contributed by atoms with Gasteiger partial charge in [-0.1, -0.05) is 26.7 Å². The highest BCUT2D eigenvalue weighted by atomic mass is 16.1. The van der Waals surface area contributed by atoms with E-state index < -0.39 is 0 Å². The van der Waals surface area contributed by atoms with E-state index in [0.29, 0.717) is 17.4 Å². The molecule has 1 saturated carbocycles. The molecule has 0 aromatic carbocycles. The van der Waals surface area contributed by atoms with Crippen molar-refractivity contribution in [1.82, 2.24) is 15.0 Å². The monoisotopic (exact) mass is 257 g/mol. The van der Waals surface area contributed by atoms with Crippen LogP contribution in [0.2, 0.25) is 0 Å². The number of aldehydes is 1. The van der Waals surface area contributed by atoms with Crippen molar-refractivity contribution in [3.63, 3.8) is 0 Å². The van der Waals surface area contributed by atoms with Crippen LogP contribution < -0.4 is 0 Å². The summed E-state index contributed by atoms with van der Waals surface area (Å²) in [6, 6.07) is 0. The molecule has 100 valence electrons. The number of nitrogens with zero attached hydrogens (tertiary/aromatic N) is 2. The smallest absolute Gasteiger partial charge is 0.152 e. The third-order valence-corrected chi connectivity index (χ3v) is 4.00. The summed E-state index contributed by atoms with van der Waals surface area (Å²) in [7, 11) is 0. The van der Waals surface area contributed by atoms with Gasteiger partial charge in [-0.25, -0.2) is 9.97 Å². The number of H-pyrrole nitrogens is 1. The molecule has 0 aliphatic heterocycles. The van der Waals surface area contributed by atoms with E-state index in [-0.39, 0.29) is 0 Å². The fraction of sp³-hybridized carbons (Fsp3) is 0.533. The number of hydrogen-bond donors (Lipinski definition) is 1. The second-order valence-electron chi connectivity index (χ2n) is 5.69. The first-order chi connectivity index (χ1) is 9.20. The number of aromatic amines is 1. The molecule has 19 heavy (non-hydrogen) atoms. The number of fused-ring (bicyclic) bond motifs is 1. The lowest BCUT2D eigenvalue weighted by atomic mass is 10.0. The van der Waals surface area contributed by atoms with Gasteiger partial charge in [-0.2, -0.15) is 0 Å². The van der Waals surface area contributed by atoms with Crippen molar-refractivity contribution < 1.29 is 4.79 Å².